The Morgan fingerprint density at radius 2 is 2.00 bits per heavy atom. The summed E-state index contributed by atoms with van der Waals surface area (Å²) in [4.78, 5) is 0.295. The van der Waals surface area contributed by atoms with Crippen LogP contribution in [0.4, 0.5) is 15.8 Å². The summed E-state index contributed by atoms with van der Waals surface area (Å²) in [5.74, 6) is -0.253. The lowest BCUT2D eigenvalue weighted by atomic mass is 10.1. The Kier molecular flexibility index (Phi) is 4.17. The zero-order valence-electron chi connectivity index (χ0n) is 10.2. The van der Waals surface area contributed by atoms with Crippen molar-refractivity contribution in [2.24, 2.45) is 5.73 Å². The van der Waals surface area contributed by atoms with Gasteiger partial charge >= 0.3 is 0 Å². The number of benzene rings is 2. The summed E-state index contributed by atoms with van der Waals surface area (Å²) in [6.07, 6.45) is 0. The first kappa shape index (κ1) is 14.0. The Bertz CT molecular complexity index is 643. The predicted octanol–water partition coefficient (Wildman–Crippen LogP) is 4.27. The first-order chi connectivity index (χ1) is 8.99. The summed E-state index contributed by atoms with van der Waals surface area (Å²) in [7, 11) is 0. The third kappa shape index (κ3) is 3.11. The average molecular weight is 339 g/mol. The molecule has 0 aliphatic carbocycles. The molecular weight excluding hydrogens is 327 g/mol. The van der Waals surface area contributed by atoms with E-state index in [2.05, 4.69) is 21.2 Å². The SMILES string of the molecule is Cc1c(F)cccc1Nc1cc(Br)ccc1C(N)=S. The Morgan fingerprint density at radius 1 is 1.26 bits per heavy atom. The van der Waals surface area contributed by atoms with Crippen LogP contribution in [0.25, 0.3) is 0 Å². The number of thiocarbonyl (C=S) groups is 1. The van der Waals surface area contributed by atoms with Gasteiger partial charge in [-0.05, 0) is 37.3 Å². The molecule has 0 heterocycles. The first-order valence-corrected chi connectivity index (χ1v) is 6.80. The molecule has 0 atom stereocenters. The lowest BCUT2D eigenvalue weighted by Gasteiger charge is -2.14. The monoisotopic (exact) mass is 338 g/mol. The van der Waals surface area contributed by atoms with E-state index >= 15 is 0 Å². The number of hydrogen-bond acceptors (Lipinski definition) is 2. The summed E-state index contributed by atoms with van der Waals surface area (Å²) >= 11 is 8.41. The fraction of sp³-hybridized carbons (Fsp3) is 0.0714. The van der Waals surface area contributed by atoms with Crippen molar-refractivity contribution < 1.29 is 4.39 Å². The van der Waals surface area contributed by atoms with E-state index in [1.165, 1.54) is 6.07 Å². The normalized spacial score (nSPS) is 10.3. The summed E-state index contributed by atoms with van der Waals surface area (Å²) in [6.45, 7) is 1.72. The van der Waals surface area contributed by atoms with Crippen molar-refractivity contribution in [3.05, 3.63) is 57.8 Å². The molecule has 0 saturated heterocycles. The van der Waals surface area contributed by atoms with Gasteiger partial charge in [-0.15, -0.1) is 0 Å². The van der Waals surface area contributed by atoms with Crippen molar-refractivity contribution in [3.8, 4) is 0 Å². The summed E-state index contributed by atoms with van der Waals surface area (Å²) in [5.41, 5.74) is 8.40. The molecule has 19 heavy (non-hydrogen) atoms. The maximum Gasteiger partial charge on any atom is 0.128 e. The van der Waals surface area contributed by atoms with E-state index in [0.717, 1.165) is 15.7 Å². The van der Waals surface area contributed by atoms with Gasteiger partial charge in [0.25, 0.3) is 0 Å². The van der Waals surface area contributed by atoms with Crippen molar-refractivity contribution in [1.29, 1.82) is 0 Å². The Morgan fingerprint density at radius 3 is 2.68 bits per heavy atom. The first-order valence-electron chi connectivity index (χ1n) is 5.60. The van der Waals surface area contributed by atoms with Crippen LogP contribution in [0, 0.1) is 12.7 Å². The smallest absolute Gasteiger partial charge is 0.128 e. The second-order valence-electron chi connectivity index (χ2n) is 4.09. The van der Waals surface area contributed by atoms with E-state index in [-0.39, 0.29) is 5.82 Å². The van der Waals surface area contributed by atoms with Gasteiger partial charge in [-0.25, -0.2) is 4.39 Å². The highest BCUT2D eigenvalue weighted by Crippen LogP contribution is 2.27. The molecule has 0 radical (unpaired) electrons. The molecule has 98 valence electrons. The van der Waals surface area contributed by atoms with Crippen LogP contribution in [0.5, 0.6) is 0 Å². The molecule has 0 bridgehead atoms. The van der Waals surface area contributed by atoms with Crippen LogP contribution in [-0.4, -0.2) is 4.99 Å². The molecule has 0 aromatic heterocycles. The zero-order valence-corrected chi connectivity index (χ0v) is 12.6. The van der Waals surface area contributed by atoms with Crippen molar-refractivity contribution in [2.45, 2.75) is 6.92 Å². The third-order valence-electron chi connectivity index (χ3n) is 2.78. The third-order valence-corrected chi connectivity index (χ3v) is 3.50. The average Bonchev–Trinajstić information content (AvgIpc) is 2.35. The van der Waals surface area contributed by atoms with Gasteiger partial charge in [-0.3, -0.25) is 0 Å². The fourth-order valence-electron chi connectivity index (χ4n) is 1.72. The maximum atomic E-state index is 13.5. The summed E-state index contributed by atoms with van der Waals surface area (Å²) in [5, 5.41) is 3.17. The van der Waals surface area contributed by atoms with Gasteiger partial charge in [0.2, 0.25) is 0 Å². The second kappa shape index (κ2) is 5.67. The molecule has 2 rings (SSSR count). The van der Waals surface area contributed by atoms with Gasteiger partial charge in [-0.1, -0.05) is 34.2 Å². The lowest BCUT2D eigenvalue weighted by Crippen LogP contribution is -2.12. The standard InChI is InChI=1S/C14H12BrFN2S/c1-8-11(16)3-2-4-12(8)18-13-7-9(15)5-6-10(13)14(17)19/h2-7,18H,1H3,(H2,17,19). The van der Waals surface area contributed by atoms with Crippen LogP contribution >= 0.6 is 28.1 Å². The summed E-state index contributed by atoms with van der Waals surface area (Å²) < 4.78 is 14.4. The number of nitrogens with two attached hydrogens (primary N) is 1. The van der Waals surface area contributed by atoms with Crippen molar-refractivity contribution >= 4 is 44.5 Å². The molecule has 2 aromatic rings. The Hall–Kier alpha value is -1.46. The minimum atomic E-state index is -0.253. The molecule has 0 saturated carbocycles. The number of anilines is 2. The second-order valence-corrected chi connectivity index (χ2v) is 5.45. The number of hydrogen-bond donors (Lipinski definition) is 2. The minimum Gasteiger partial charge on any atom is -0.389 e. The Balaban J connectivity index is 2.45. The van der Waals surface area contributed by atoms with E-state index in [0.29, 0.717) is 16.2 Å². The van der Waals surface area contributed by atoms with Gasteiger partial charge in [0.15, 0.2) is 0 Å². The molecular formula is C14H12BrFN2S. The molecule has 0 aliphatic rings. The fourth-order valence-corrected chi connectivity index (χ4v) is 2.26. The van der Waals surface area contributed by atoms with E-state index in [1.54, 1.807) is 13.0 Å². The minimum absolute atomic E-state index is 0.253. The van der Waals surface area contributed by atoms with Crippen molar-refractivity contribution in [2.75, 3.05) is 5.32 Å². The van der Waals surface area contributed by atoms with Crippen LogP contribution in [-0.2, 0) is 0 Å². The van der Waals surface area contributed by atoms with E-state index in [9.17, 15) is 4.39 Å². The molecule has 5 heteroatoms. The number of halogens is 2. The van der Waals surface area contributed by atoms with Crippen molar-refractivity contribution in [3.63, 3.8) is 0 Å². The summed E-state index contributed by atoms with van der Waals surface area (Å²) in [6, 6.07) is 10.4. The lowest BCUT2D eigenvalue weighted by molar-refractivity contribution is 0.619. The van der Waals surface area contributed by atoms with Gasteiger partial charge in [-0.2, -0.15) is 0 Å². The van der Waals surface area contributed by atoms with Crippen LogP contribution in [0.3, 0.4) is 0 Å². The van der Waals surface area contributed by atoms with Crippen molar-refractivity contribution in [1.82, 2.24) is 0 Å². The highest BCUT2D eigenvalue weighted by atomic mass is 79.9. The number of rotatable bonds is 3. The zero-order chi connectivity index (χ0) is 14.0. The van der Waals surface area contributed by atoms with Gasteiger partial charge in [0.1, 0.15) is 10.8 Å². The van der Waals surface area contributed by atoms with E-state index < -0.39 is 0 Å². The quantitative estimate of drug-likeness (QED) is 0.820. The molecule has 0 fully saturated rings. The largest absolute Gasteiger partial charge is 0.389 e. The maximum absolute atomic E-state index is 13.5. The number of nitrogens with one attached hydrogen (secondary N) is 1. The molecule has 0 unspecified atom stereocenters. The van der Waals surface area contributed by atoms with Crippen LogP contribution < -0.4 is 11.1 Å². The van der Waals surface area contributed by atoms with E-state index in [4.69, 9.17) is 18.0 Å². The van der Waals surface area contributed by atoms with Gasteiger partial charge in [0, 0.05) is 27.0 Å². The topological polar surface area (TPSA) is 38.0 Å². The van der Waals surface area contributed by atoms with Gasteiger partial charge in [0.05, 0.1) is 0 Å². The molecule has 2 aromatic carbocycles. The molecule has 0 spiro atoms. The van der Waals surface area contributed by atoms with Crippen LogP contribution in [0.2, 0.25) is 0 Å². The molecule has 0 amide bonds. The highest BCUT2D eigenvalue weighted by Gasteiger charge is 2.09. The van der Waals surface area contributed by atoms with E-state index in [1.807, 2.05) is 24.3 Å². The molecule has 0 aliphatic heterocycles. The van der Waals surface area contributed by atoms with Gasteiger partial charge < -0.3 is 11.1 Å². The predicted molar refractivity (Wildman–Crippen MR) is 84.4 cm³/mol. The highest BCUT2D eigenvalue weighted by molar-refractivity contribution is 9.10. The molecule has 3 N–H and O–H groups in total. The van der Waals surface area contributed by atoms with Crippen LogP contribution in [0.15, 0.2) is 40.9 Å². The molecule has 2 nitrogen and oxygen atoms in total. The Labute approximate surface area is 124 Å². The van der Waals surface area contributed by atoms with Crippen LogP contribution in [0.1, 0.15) is 11.1 Å².